The van der Waals surface area contributed by atoms with E-state index in [-0.39, 0.29) is 38.7 Å². The second-order valence-electron chi connectivity index (χ2n) is 9.67. The summed E-state index contributed by atoms with van der Waals surface area (Å²) in [5.41, 5.74) is -3.67. The molecular weight excluding hydrogens is 563 g/mol. The third kappa shape index (κ3) is 4.80. The predicted octanol–water partition coefficient (Wildman–Crippen LogP) is 5.70. The number of ketones is 1. The van der Waals surface area contributed by atoms with Crippen LogP contribution in [-0.2, 0) is 16.1 Å². The SMILES string of the molecule is COC(=O)c1ccc(C(=O)c2cc(Cl)ccc2CN2C(=O)N(c3c(F)c(C)c(C#N)c(F)c3F)C(=O)C2(C)C)cc1. The van der Waals surface area contributed by atoms with Gasteiger partial charge >= 0.3 is 12.0 Å². The van der Waals surface area contributed by atoms with Crippen molar-refractivity contribution in [2.24, 2.45) is 0 Å². The zero-order chi connectivity index (χ0) is 30.4. The standard InChI is InChI=1S/C29H21ClF3N3O5/c1-14-20(12-34)22(32)23(33)24(21(14)31)36-27(39)29(2,3)35(28(36)40)13-17-9-10-18(30)11-19(17)25(37)15-5-7-16(8-6-15)26(38)41-4/h5-11H,13H2,1-4H3. The van der Waals surface area contributed by atoms with Gasteiger partial charge < -0.3 is 9.64 Å². The summed E-state index contributed by atoms with van der Waals surface area (Å²) < 4.78 is 49.4. The largest absolute Gasteiger partial charge is 0.465 e. The van der Waals surface area contributed by atoms with Gasteiger partial charge in [0.15, 0.2) is 23.2 Å². The summed E-state index contributed by atoms with van der Waals surface area (Å²) in [6.07, 6.45) is 0. The van der Waals surface area contributed by atoms with E-state index in [0.717, 1.165) is 11.8 Å². The number of nitrogens with zero attached hydrogens (tertiary/aromatic N) is 3. The average molecular weight is 584 g/mol. The molecule has 0 aliphatic carbocycles. The summed E-state index contributed by atoms with van der Waals surface area (Å²) in [5.74, 6) is -7.15. The van der Waals surface area contributed by atoms with Gasteiger partial charge in [-0.1, -0.05) is 29.8 Å². The van der Waals surface area contributed by atoms with Crippen molar-refractivity contribution >= 4 is 41.0 Å². The Bertz CT molecular complexity index is 1650. The smallest absolute Gasteiger partial charge is 0.337 e. The Hall–Kier alpha value is -4.69. The number of anilines is 1. The zero-order valence-electron chi connectivity index (χ0n) is 22.1. The molecule has 0 N–H and O–H groups in total. The molecule has 8 nitrogen and oxygen atoms in total. The molecule has 0 spiro atoms. The number of hydrogen-bond acceptors (Lipinski definition) is 6. The Labute approximate surface area is 237 Å². The van der Waals surface area contributed by atoms with E-state index in [0.29, 0.717) is 0 Å². The number of imide groups is 1. The molecule has 3 amide bonds. The van der Waals surface area contributed by atoms with Crippen LogP contribution in [0.2, 0.25) is 5.02 Å². The molecule has 1 aliphatic rings. The minimum absolute atomic E-state index is 0.0652. The summed E-state index contributed by atoms with van der Waals surface area (Å²) in [5, 5.41) is 9.28. The van der Waals surface area contributed by atoms with E-state index in [1.165, 1.54) is 69.5 Å². The third-order valence-corrected chi connectivity index (χ3v) is 7.14. The fraction of sp³-hybridized carbons (Fsp3) is 0.207. The van der Waals surface area contributed by atoms with Gasteiger partial charge in [-0.3, -0.25) is 9.59 Å². The van der Waals surface area contributed by atoms with Crippen molar-refractivity contribution in [2.75, 3.05) is 12.0 Å². The fourth-order valence-corrected chi connectivity index (χ4v) is 4.66. The van der Waals surface area contributed by atoms with Crippen LogP contribution in [0, 0.1) is 35.7 Å². The molecule has 0 radical (unpaired) electrons. The van der Waals surface area contributed by atoms with Crippen LogP contribution in [-0.4, -0.2) is 41.2 Å². The van der Waals surface area contributed by atoms with Crippen LogP contribution in [0.25, 0.3) is 0 Å². The summed E-state index contributed by atoms with van der Waals surface area (Å²) in [7, 11) is 1.22. The Morgan fingerprint density at radius 2 is 1.61 bits per heavy atom. The van der Waals surface area contributed by atoms with Gasteiger partial charge in [0.2, 0.25) is 0 Å². The van der Waals surface area contributed by atoms with Crippen molar-refractivity contribution in [3.05, 3.63) is 98.3 Å². The molecule has 1 heterocycles. The molecule has 0 atom stereocenters. The van der Waals surface area contributed by atoms with Crippen LogP contribution in [0.15, 0.2) is 42.5 Å². The minimum Gasteiger partial charge on any atom is -0.465 e. The molecule has 41 heavy (non-hydrogen) atoms. The molecule has 0 bridgehead atoms. The maximum atomic E-state index is 15.2. The normalized spacial score (nSPS) is 14.3. The van der Waals surface area contributed by atoms with Gasteiger partial charge in [-0.25, -0.2) is 27.7 Å². The third-order valence-electron chi connectivity index (χ3n) is 6.90. The van der Waals surface area contributed by atoms with E-state index in [2.05, 4.69) is 4.74 Å². The predicted molar refractivity (Wildman–Crippen MR) is 141 cm³/mol. The van der Waals surface area contributed by atoms with Gasteiger partial charge in [-0.15, -0.1) is 0 Å². The van der Waals surface area contributed by atoms with Crippen LogP contribution >= 0.6 is 11.6 Å². The summed E-state index contributed by atoms with van der Waals surface area (Å²) in [4.78, 5) is 53.2. The fourth-order valence-electron chi connectivity index (χ4n) is 4.49. The molecule has 0 unspecified atom stereocenters. The number of esters is 1. The van der Waals surface area contributed by atoms with E-state index in [9.17, 15) is 28.0 Å². The zero-order valence-corrected chi connectivity index (χ0v) is 22.9. The number of carbonyl (C=O) groups excluding carboxylic acids is 4. The number of halogens is 4. The number of urea groups is 1. The van der Waals surface area contributed by atoms with Crippen LogP contribution in [0.4, 0.5) is 23.7 Å². The molecule has 4 rings (SSSR count). The number of ether oxygens (including phenoxy) is 1. The molecule has 1 saturated heterocycles. The first-order valence-corrected chi connectivity index (χ1v) is 12.4. The van der Waals surface area contributed by atoms with Gasteiger partial charge in [0.25, 0.3) is 5.91 Å². The summed E-state index contributed by atoms with van der Waals surface area (Å²) in [6, 6.07) is 10.1. The highest BCUT2D eigenvalue weighted by atomic mass is 35.5. The highest BCUT2D eigenvalue weighted by molar-refractivity contribution is 6.31. The van der Waals surface area contributed by atoms with E-state index >= 15 is 4.39 Å². The van der Waals surface area contributed by atoms with E-state index < -0.39 is 63.5 Å². The molecule has 3 aromatic rings. The Morgan fingerprint density at radius 1 is 1.00 bits per heavy atom. The second-order valence-corrected chi connectivity index (χ2v) is 10.1. The molecule has 0 saturated carbocycles. The number of rotatable bonds is 6. The van der Waals surface area contributed by atoms with Gasteiger partial charge in [0.05, 0.1) is 18.2 Å². The first-order valence-electron chi connectivity index (χ1n) is 12.0. The molecular formula is C29H21ClF3N3O5. The van der Waals surface area contributed by atoms with Gasteiger partial charge in [0.1, 0.15) is 17.3 Å². The lowest BCUT2D eigenvalue weighted by Crippen LogP contribution is -2.44. The van der Waals surface area contributed by atoms with Crippen molar-refractivity contribution < 1.29 is 37.1 Å². The minimum atomic E-state index is -1.86. The van der Waals surface area contributed by atoms with Crippen molar-refractivity contribution in [3.63, 3.8) is 0 Å². The Morgan fingerprint density at radius 3 is 2.20 bits per heavy atom. The summed E-state index contributed by atoms with van der Waals surface area (Å²) in [6.45, 7) is 3.32. The maximum absolute atomic E-state index is 15.2. The molecule has 1 aliphatic heterocycles. The van der Waals surface area contributed by atoms with Crippen LogP contribution < -0.4 is 4.90 Å². The Kier molecular flexibility index (Phi) is 7.65. The monoisotopic (exact) mass is 583 g/mol. The van der Waals surface area contributed by atoms with Crippen LogP contribution in [0.5, 0.6) is 0 Å². The van der Waals surface area contributed by atoms with Crippen molar-refractivity contribution in [3.8, 4) is 6.07 Å². The summed E-state index contributed by atoms with van der Waals surface area (Å²) >= 11 is 6.15. The highest BCUT2D eigenvalue weighted by Gasteiger charge is 2.54. The lowest BCUT2D eigenvalue weighted by molar-refractivity contribution is -0.123. The highest BCUT2D eigenvalue weighted by Crippen LogP contribution is 2.39. The quantitative estimate of drug-likeness (QED) is 0.159. The van der Waals surface area contributed by atoms with Crippen molar-refractivity contribution in [1.29, 1.82) is 5.26 Å². The Balaban J connectivity index is 1.75. The van der Waals surface area contributed by atoms with E-state index in [4.69, 9.17) is 16.9 Å². The van der Waals surface area contributed by atoms with Crippen LogP contribution in [0.1, 0.15) is 56.8 Å². The maximum Gasteiger partial charge on any atom is 0.337 e. The number of methoxy groups -OCH3 is 1. The number of carbonyl (C=O) groups is 4. The lowest BCUT2D eigenvalue weighted by atomic mass is 9.96. The topological polar surface area (TPSA) is 108 Å². The van der Waals surface area contributed by atoms with Gasteiger partial charge in [-0.05, 0) is 50.6 Å². The first-order chi connectivity index (χ1) is 19.3. The van der Waals surface area contributed by atoms with E-state index in [1.54, 1.807) is 0 Å². The average Bonchev–Trinajstić information content (AvgIpc) is 3.11. The molecule has 210 valence electrons. The first kappa shape index (κ1) is 29.3. The van der Waals surface area contributed by atoms with Crippen LogP contribution in [0.3, 0.4) is 0 Å². The molecule has 12 heteroatoms. The molecule has 0 aromatic heterocycles. The number of benzene rings is 3. The van der Waals surface area contributed by atoms with Crippen molar-refractivity contribution in [2.45, 2.75) is 32.9 Å². The number of hydrogen-bond donors (Lipinski definition) is 0. The molecule has 3 aromatic carbocycles. The second kappa shape index (κ2) is 10.7. The number of amides is 3. The molecule has 1 fully saturated rings. The number of nitriles is 1. The van der Waals surface area contributed by atoms with Crippen molar-refractivity contribution in [1.82, 2.24) is 4.90 Å². The lowest BCUT2D eigenvalue weighted by Gasteiger charge is -2.28. The van der Waals surface area contributed by atoms with Gasteiger partial charge in [-0.2, -0.15) is 5.26 Å². The van der Waals surface area contributed by atoms with E-state index in [1.807, 2.05) is 0 Å². The van der Waals surface area contributed by atoms with Gasteiger partial charge in [0, 0.05) is 28.3 Å².